The molecular weight excluding hydrogens is 503 g/mol. The predicted molar refractivity (Wildman–Crippen MR) is 143 cm³/mol. The van der Waals surface area contributed by atoms with Crippen LogP contribution in [0.2, 0.25) is 0 Å². The van der Waals surface area contributed by atoms with Gasteiger partial charge in [-0.2, -0.15) is 0 Å². The van der Waals surface area contributed by atoms with E-state index in [0.29, 0.717) is 51.1 Å². The number of carbonyl (C=O) groups is 3. The van der Waals surface area contributed by atoms with Crippen molar-refractivity contribution in [3.05, 3.63) is 54.1 Å². The SMILES string of the molecule is Cc1nccn1CC(=O)N1CCCCNC(=O)[C@@H]2C[C@@H](CN2)N(C(=O)c2ccccc2)CCC1.Cl.Cl. The van der Waals surface area contributed by atoms with Crippen molar-refractivity contribution in [2.24, 2.45) is 0 Å². The lowest BCUT2D eigenvalue weighted by molar-refractivity contribution is -0.132. The van der Waals surface area contributed by atoms with Crippen LogP contribution in [0, 0.1) is 6.92 Å². The van der Waals surface area contributed by atoms with Crippen LogP contribution in [-0.4, -0.2) is 81.9 Å². The van der Waals surface area contributed by atoms with Crippen LogP contribution >= 0.6 is 24.8 Å². The quantitative estimate of drug-likeness (QED) is 0.622. The minimum atomic E-state index is -0.282. The molecule has 1 aromatic heterocycles. The molecule has 9 nitrogen and oxygen atoms in total. The Morgan fingerprint density at radius 1 is 1.06 bits per heavy atom. The van der Waals surface area contributed by atoms with Gasteiger partial charge in [0.05, 0.1) is 6.04 Å². The summed E-state index contributed by atoms with van der Waals surface area (Å²) in [6, 6.07) is 8.91. The van der Waals surface area contributed by atoms with E-state index >= 15 is 0 Å². The van der Waals surface area contributed by atoms with Gasteiger partial charge >= 0.3 is 0 Å². The number of hydrogen-bond acceptors (Lipinski definition) is 5. The van der Waals surface area contributed by atoms with E-state index in [0.717, 1.165) is 18.7 Å². The molecule has 2 atom stereocenters. The van der Waals surface area contributed by atoms with Crippen LogP contribution in [0.1, 0.15) is 41.9 Å². The van der Waals surface area contributed by atoms with Crippen molar-refractivity contribution in [1.29, 1.82) is 0 Å². The van der Waals surface area contributed by atoms with Crippen LogP contribution in [0.5, 0.6) is 0 Å². The first-order chi connectivity index (χ1) is 16.5. The smallest absolute Gasteiger partial charge is 0.254 e. The van der Waals surface area contributed by atoms with Crippen LogP contribution in [0.3, 0.4) is 0 Å². The summed E-state index contributed by atoms with van der Waals surface area (Å²) in [7, 11) is 0. The summed E-state index contributed by atoms with van der Waals surface area (Å²) in [6.45, 7) is 5.04. The van der Waals surface area contributed by atoms with Gasteiger partial charge in [0.1, 0.15) is 12.4 Å². The number of aryl methyl sites for hydroxylation is 1. The van der Waals surface area contributed by atoms with Gasteiger partial charge in [-0.1, -0.05) is 18.2 Å². The fourth-order valence-electron chi connectivity index (χ4n) is 4.72. The molecule has 0 saturated carbocycles. The zero-order valence-corrected chi connectivity index (χ0v) is 22.2. The molecule has 2 N–H and O–H groups in total. The van der Waals surface area contributed by atoms with Crippen LogP contribution in [0.4, 0.5) is 0 Å². The number of carbonyl (C=O) groups excluding carboxylic acids is 3. The molecule has 2 aromatic rings. The maximum absolute atomic E-state index is 13.4. The number of rotatable bonds is 3. The van der Waals surface area contributed by atoms with Crippen LogP contribution in [0.15, 0.2) is 42.7 Å². The molecule has 4 rings (SSSR count). The molecule has 0 spiro atoms. The number of halogens is 2. The monoisotopic (exact) mass is 538 g/mol. The van der Waals surface area contributed by atoms with E-state index in [1.54, 1.807) is 6.20 Å². The molecule has 11 heteroatoms. The van der Waals surface area contributed by atoms with Gasteiger partial charge in [-0.05, 0) is 44.7 Å². The van der Waals surface area contributed by atoms with E-state index in [9.17, 15) is 14.4 Å². The van der Waals surface area contributed by atoms with E-state index in [-0.39, 0.29) is 61.2 Å². The van der Waals surface area contributed by atoms with Crippen molar-refractivity contribution in [2.75, 3.05) is 32.7 Å². The molecule has 2 saturated heterocycles. The second-order valence-electron chi connectivity index (χ2n) is 9.05. The maximum atomic E-state index is 13.4. The van der Waals surface area contributed by atoms with Gasteiger partial charge in [0.15, 0.2) is 0 Å². The molecule has 0 aliphatic carbocycles. The highest BCUT2D eigenvalue weighted by Crippen LogP contribution is 2.18. The number of nitrogens with zero attached hydrogens (tertiary/aromatic N) is 4. The molecule has 2 bridgehead atoms. The number of amides is 3. The summed E-state index contributed by atoms with van der Waals surface area (Å²) >= 11 is 0. The molecule has 3 heterocycles. The topological polar surface area (TPSA) is 99.6 Å². The molecule has 2 aliphatic heterocycles. The molecular formula is C25H36Cl2N6O3. The number of imidazole rings is 1. The number of fused-ring (bicyclic) bond motifs is 2. The lowest BCUT2D eigenvalue weighted by Crippen LogP contribution is -2.44. The Bertz CT molecular complexity index is 1000. The molecule has 2 aliphatic rings. The average molecular weight is 540 g/mol. The third-order valence-corrected chi connectivity index (χ3v) is 6.71. The van der Waals surface area contributed by atoms with Gasteiger partial charge in [0.2, 0.25) is 11.8 Å². The third-order valence-electron chi connectivity index (χ3n) is 6.71. The lowest BCUT2D eigenvalue weighted by Gasteiger charge is -2.31. The zero-order chi connectivity index (χ0) is 23.9. The predicted octanol–water partition coefficient (Wildman–Crippen LogP) is 2.04. The summed E-state index contributed by atoms with van der Waals surface area (Å²) < 4.78 is 1.85. The van der Waals surface area contributed by atoms with Gasteiger partial charge in [-0.3, -0.25) is 14.4 Å². The Morgan fingerprint density at radius 2 is 1.81 bits per heavy atom. The fourth-order valence-corrected chi connectivity index (χ4v) is 4.72. The summed E-state index contributed by atoms with van der Waals surface area (Å²) in [5, 5.41) is 6.30. The Labute approximate surface area is 224 Å². The van der Waals surface area contributed by atoms with Crippen LogP contribution < -0.4 is 10.6 Å². The van der Waals surface area contributed by atoms with Gasteiger partial charge < -0.3 is 25.0 Å². The van der Waals surface area contributed by atoms with Crippen molar-refractivity contribution < 1.29 is 14.4 Å². The molecule has 36 heavy (non-hydrogen) atoms. The Balaban J connectivity index is 0.00000228. The average Bonchev–Trinajstić information content (AvgIpc) is 3.49. The second-order valence-corrected chi connectivity index (χ2v) is 9.05. The molecule has 3 amide bonds. The van der Waals surface area contributed by atoms with Gasteiger partial charge in [0, 0.05) is 56.7 Å². The fraction of sp³-hybridized carbons (Fsp3) is 0.520. The van der Waals surface area contributed by atoms with E-state index in [2.05, 4.69) is 15.6 Å². The largest absolute Gasteiger partial charge is 0.355 e. The number of nitrogens with one attached hydrogen (secondary N) is 2. The van der Waals surface area contributed by atoms with Crippen molar-refractivity contribution in [3.63, 3.8) is 0 Å². The van der Waals surface area contributed by atoms with Crippen molar-refractivity contribution in [2.45, 2.75) is 51.2 Å². The van der Waals surface area contributed by atoms with Gasteiger partial charge in [-0.25, -0.2) is 4.98 Å². The van der Waals surface area contributed by atoms with E-state index in [1.807, 2.05) is 57.8 Å². The van der Waals surface area contributed by atoms with Gasteiger partial charge in [-0.15, -0.1) is 24.8 Å². The normalized spacial score (nSPS) is 21.0. The maximum Gasteiger partial charge on any atom is 0.254 e. The number of benzene rings is 1. The Kier molecular flexibility index (Phi) is 11.7. The number of aromatic nitrogens is 2. The summed E-state index contributed by atoms with van der Waals surface area (Å²) in [6.07, 6.45) is 6.41. The Morgan fingerprint density at radius 3 is 2.53 bits per heavy atom. The highest BCUT2D eigenvalue weighted by Gasteiger charge is 2.35. The second kappa shape index (κ2) is 14.2. The van der Waals surface area contributed by atoms with Crippen molar-refractivity contribution >= 4 is 42.5 Å². The molecule has 0 unspecified atom stereocenters. The van der Waals surface area contributed by atoms with Gasteiger partial charge in [0.25, 0.3) is 5.91 Å². The highest BCUT2D eigenvalue weighted by atomic mass is 35.5. The van der Waals surface area contributed by atoms with Crippen LogP contribution in [-0.2, 0) is 16.1 Å². The highest BCUT2D eigenvalue weighted by molar-refractivity contribution is 5.94. The first kappa shape index (κ1) is 29.6. The minimum absolute atomic E-state index is 0. The minimum Gasteiger partial charge on any atom is -0.355 e. The van der Waals surface area contributed by atoms with E-state index in [4.69, 9.17) is 0 Å². The molecule has 2 fully saturated rings. The van der Waals surface area contributed by atoms with E-state index < -0.39 is 0 Å². The summed E-state index contributed by atoms with van der Waals surface area (Å²) in [5.41, 5.74) is 0.639. The Hall–Kier alpha value is -2.62. The van der Waals surface area contributed by atoms with Crippen molar-refractivity contribution in [3.8, 4) is 0 Å². The molecule has 198 valence electrons. The standard InChI is InChI=1S/C25H34N6O3.2ClH/c1-19-26-11-15-30(19)18-23(32)29-12-6-5-10-27-24(33)22-16-21(17-28-22)31(14-7-13-29)25(34)20-8-3-2-4-9-20;;/h2-4,8-9,11,15,21-22,28H,5-7,10,12-14,16-18H2,1H3,(H,27,33);2*1H/t21-,22-;;/m0../s1. The molecule has 1 aromatic carbocycles. The zero-order valence-electron chi connectivity index (χ0n) is 20.6. The third kappa shape index (κ3) is 7.44. The lowest BCUT2D eigenvalue weighted by atomic mass is 10.1. The summed E-state index contributed by atoms with van der Waals surface area (Å²) in [5.74, 6) is 0.796. The van der Waals surface area contributed by atoms with Crippen LogP contribution in [0.25, 0.3) is 0 Å². The molecule has 0 radical (unpaired) electrons. The van der Waals surface area contributed by atoms with Crippen molar-refractivity contribution in [1.82, 2.24) is 30.0 Å². The van der Waals surface area contributed by atoms with E-state index in [1.165, 1.54) is 0 Å². The number of hydrogen-bond donors (Lipinski definition) is 2. The first-order valence-electron chi connectivity index (χ1n) is 12.2. The first-order valence-corrected chi connectivity index (χ1v) is 12.2. The summed E-state index contributed by atoms with van der Waals surface area (Å²) in [4.78, 5) is 47.1.